The number of nitrogens with two attached hydrogens (primary N) is 2. The Kier molecular flexibility index (Phi) is 3.29. The molecule has 4 heteroatoms. The first kappa shape index (κ1) is 10.8. The van der Waals surface area contributed by atoms with Gasteiger partial charge >= 0.3 is 0 Å². The molecule has 2 rings (SSSR count). The molecule has 0 bridgehead atoms. The standard InChI is InChI=1S/C12H18N4/c13-10-5-6-11(16-12(10)14)15-8-7-9-3-1-2-4-9/h3,5-6H,1-2,4,7-8,13H2,(H3,14,15,16). The van der Waals surface area contributed by atoms with Crippen LogP contribution in [0.2, 0.25) is 0 Å². The number of nitrogens with one attached hydrogen (secondary N) is 1. The molecule has 0 saturated carbocycles. The molecule has 1 heterocycles. The lowest BCUT2D eigenvalue weighted by molar-refractivity contribution is 0.862. The monoisotopic (exact) mass is 218 g/mol. The molecule has 0 spiro atoms. The maximum atomic E-state index is 5.63. The van der Waals surface area contributed by atoms with Crippen LogP contribution >= 0.6 is 0 Å². The summed E-state index contributed by atoms with van der Waals surface area (Å²) in [4.78, 5) is 4.16. The molecule has 0 fully saturated rings. The van der Waals surface area contributed by atoms with Crippen LogP contribution in [-0.4, -0.2) is 11.5 Å². The number of hydrogen-bond donors (Lipinski definition) is 3. The second kappa shape index (κ2) is 4.88. The molecule has 1 aromatic rings. The Bertz CT molecular complexity index is 398. The molecule has 1 aromatic heterocycles. The molecule has 5 N–H and O–H groups in total. The van der Waals surface area contributed by atoms with Gasteiger partial charge in [0.05, 0.1) is 5.69 Å². The minimum atomic E-state index is 0.394. The van der Waals surface area contributed by atoms with Gasteiger partial charge < -0.3 is 16.8 Å². The largest absolute Gasteiger partial charge is 0.396 e. The molecule has 1 aliphatic rings. The number of nitrogen functional groups attached to an aromatic ring is 2. The van der Waals surface area contributed by atoms with Crippen molar-refractivity contribution in [3.63, 3.8) is 0 Å². The summed E-state index contributed by atoms with van der Waals surface area (Å²) in [6.45, 7) is 0.905. The minimum Gasteiger partial charge on any atom is -0.396 e. The number of anilines is 3. The summed E-state index contributed by atoms with van der Waals surface area (Å²) in [5.41, 5.74) is 13.3. The van der Waals surface area contributed by atoms with Gasteiger partial charge in [-0.15, -0.1) is 0 Å². The van der Waals surface area contributed by atoms with Crippen LogP contribution in [0.15, 0.2) is 23.8 Å². The van der Waals surface area contributed by atoms with Crippen molar-refractivity contribution in [1.29, 1.82) is 0 Å². The number of hydrogen-bond acceptors (Lipinski definition) is 4. The van der Waals surface area contributed by atoms with E-state index in [-0.39, 0.29) is 0 Å². The van der Waals surface area contributed by atoms with Crippen LogP contribution in [-0.2, 0) is 0 Å². The van der Waals surface area contributed by atoms with Gasteiger partial charge in [0.2, 0.25) is 0 Å². The van der Waals surface area contributed by atoms with Crippen LogP contribution in [0.5, 0.6) is 0 Å². The predicted octanol–water partition coefficient (Wildman–Crippen LogP) is 2.16. The zero-order chi connectivity index (χ0) is 11.4. The van der Waals surface area contributed by atoms with Gasteiger partial charge in [-0.1, -0.05) is 11.6 Å². The fourth-order valence-electron chi connectivity index (χ4n) is 1.90. The Morgan fingerprint density at radius 3 is 2.88 bits per heavy atom. The van der Waals surface area contributed by atoms with E-state index in [0.29, 0.717) is 11.5 Å². The molecule has 1 aliphatic carbocycles. The van der Waals surface area contributed by atoms with Gasteiger partial charge in [0.15, 0.2) is 0 Å². The number of nitrogens with zero attached hydrogens (tertiary/aromatic N) is 1. The molecule has 0 aliphatic heterocycles. The Labute approximate surface area is 95.7 Å². The van der Waals surface area contributed by atoms with E-state index in [2.05, 4.69) is 16.4 Å². The highest BCUT2D eigenvalue weighted by Gasteiger charge is 2.04. The molecular weight excluding hydrogens is 200 g/mol. The summed E-state index contributed by atoms with van der Waals surface area (Å²) in [5, 5.41) is 3.25. The molecule has 0 radical (unpaired) electrons. The lowest BCUT2D eigenvalue weighted by Gasteiger charge is -2.07. The van der Waals surface area contributed by atoms with Crippen molar-refractivity contribution in [2.75, 3.05) is 23.3 Å². The Hall–Kier alpha value is -1.71. The summed E-state index contributed by atoms with van der Waals surface area (Å²) in [5.74, 6) is 1.19. The van der Waals surface area contributed by atoms with E-state index >= 15 is 0 Å². The summed E-state index contributed by atoms with van der Waals surface area (Å²) in [6, 6.07) is 3.63. The third-order valence-electron chi connectivity index (χ3n) is 2.84. The van der Waals surface area contributed by atoms with E-state index < -0.39 is 0 Å². The fraction of sp³-hybridized carbons (Fsp3) is 0.417. The summed E-state index contributed by atoms with van der Waals surface area (Å²) < 4.78 is 0. The van der Waals surface area contributed by atoms with E-state index in [1.165, 1.54) is 19.3 Å². The van der Waals surface area contributed by atoms with Crippen LogP contribution in [0.3, 0.4) is 0 Å². The van der Waals surface area contributed by atoms with Gasteiger partial charge in [0, 0.05) is 6.54 Å². The normalized spacial score (nSPS) is 14.9. The van der Waals surface area contributed by atoms with E-state index in [0.717, 1.165) is 18.8 Å². The quantitative estimate of drug-likeness (QED) is 0.677. The van der Waals surface area contributed by atoms with Gasteiger partial charge in [-0.3, -0.25) is 0 Å². The third-order valence-corrected chi connectivity index (χ3v) is 2.84. The molecule has 16 heavy (non-hydrogen) atoms. The topological polar surface area (TPSA) is 77.0 Å². The van der Waals surface area contributed by atoms with Crippen molar-refractivity contribution in [1.82, 2.24) is 4.98 Å². The molecule has 0 unspecified atom stereocenters. The van der Waals surface area contributed by atoms with E-state index in [9.17, 15) is 0 Å². The average Bonchev–Trinajstić information content (AvgIpc) is 2.76. The highest BCUT2D eigenvalue weighted by molar-refractivity contribution is 5.61. The Balaban J connectivity index is 1.82. The Morgan fingerprint density at radius 1 is 1.31 bits per heavy atom. The van der Waals surface area contributed by atoms with Crippen molar-refractivity contribution < 1.29 is 0 Å². The van der Waals surface area contributed by atoms with Gasteiger partial charge in [-0.2, -0.15) is 0 Å². The highest BCUT2D eigenvalue weighted by atomic mass is 15.0. The molecule has 4 nitrogen and oxygen atoms in total. The smallest absolute Gasteiger partial charge is 0.149 e. The zero-order valence-electron chi connectivity index (χ0n) is 9.37. The van der Waals surface area contributed by atoms with Gasteiger partial charge in [-0.05, 0) is 37.8 Å². The summed E-state index contributed by atoms with van der Waals surface area (Å²) in [7, 11) is 0. The van der Waals surface area contributed by atoms with Crippen LogP contribution in [0.4, 0.5) is 17.3 Å². The first-order chi connectivity index (χ1) is 7.75. The highest BCUT2D eigenvalue weighted by Crippen LogP contribution is 2.20. The van der Waals surface area contributed by atoms with Crippen molar-refractivity contribution in [3.05, 3.63) is 23.8 Å². The van der Waals surface area contributed by atoms with Crippen molar-refractivity contribution in [2.24, 2.45) is 0 Å². The van der Waals surface area contributed by atoms with Crippen LogP contribution in [0.1, 0.15) is 25.7 Å². The van der Waals surface area contributed by atoms with Crippen LogP contribution in [0.25, 0.3) is 0 Å². The van der Waals surface area contributed by atoms with E-state index in [4.69, 9.17) is 11.5 Å². The number of allylic oxidation sites excluding steroid dienone is 1. The lowest BCUT2D eigenvalue weighted by atomic mass is 10.2. The summed E-state index contributed by atoms with van der Waals surface area (Å²) >= 11 is 0. The molecule has 0 atom stereocenters. The SMILES string of the molecule is Nc1ccc(NCCC2=CCCC2)nc1N. The minimum absolute atomic E-state index is 0.394. The van der Waals surface area contributed by atoms with Crippen molar-refractivity contribution in [3.8, 4) is 0 Å². The first-order valence-corrected chi connectivity index (χ1v) is 5.69. The third kappa shape index (κ3) is 2.66. The number of rotatable bonds is 4. The predicted molar refractivity (Wildman–Crippen MR) is 68.1 cm³/mol. The van der Waals surface area contributed by atoms with Crippen molar-refractivity contribution in [2.45, 2.75) is 25.7 Å². The van der Waals surface area contributed by atoms with Gasteiger partial charge in [0.1, 0.15) is 11.6 Å². The molecule has 86 valence electrons. The maximum Gasteiger partial charge on any atom is 0.149 e. The first-order valence-electron chi connectivity index (χ1n) is 5.69. The van der Waals surface area contributed by atoms with E-state index in [1.807, 2.05) is 6.07 Å². The molecule has 0 saturated heterocycles. The molecular formula is C12H18N4. The summed E-state index contributed by atoms with van der Waals surface area (Å²) in [6.07, 6.45) is 7.22. The number of pyridine rings is 1. The van der Waals surface area contributed by atoms with E-state index in [1.54, 1.807) is 11.6 Å². The van der Waals surface area contributed by atoms with Gasteiger partial charge in [-0.25, -0.2) is 4.98 Å². The zero-order valence-corrected chi connectivity index (χ0v) is 9.37. The maximum absolute atomic E-state index is 5.63. The molecule has 0 amide bonds. The van der Waals surface area contributed by atoms with Crippen LogP contribution < -0.4 is 16.8 Å². The lowest BCUT2D eigenvalue weighted by Crippen LogP contribution is -2.06. The second-order valence-electron chi connectivity index (χ2n) is 4.10. The fourth-order valence-corrected chi connectivity index (χ4v) is 1.90. The van der Waals surface area contributed by atoms with Gasteiger partial charge in [0.25, 0.3) is 0 Å². The number of aromatic nitrogens is 1. The Morgan fingerprint density at radius 2 is 2.19 bits per heavy atom. The molecule has 0 aromatic carbocycles. The second-order valence-corrected chi connectivity index (χ2v) is 4.10. The van der Waals surface area contributed by atoms with Crippen LogP contribution in [0, 0.1) is 0 Å². The van der Waals surface area contributed by atoms with Crippen molar-refractivity contribution >= 4 is 17.3 Å². The average molecular weight is 218 g/mol.